The van der Waals surface area contributed by atoms with Crippen LogP contribution in [0.15, 0.2) is 47.1 Å². The summed E-state index contributed by atoms with van der Waals surface area (Å²) in [6.45, 7) is 1.17. The lowest BCUT2D eigenvalue weighted by atomic mass is 10.3. The van der Waals surface area contributed by atoms with E-state index in [1.54, 1.807) is 12.3 Å². The lowest BCUT2D eigenvalue weighted by molar-refractivity contribution is 0.0947. The van der Waals surface area contributed by atoms with Gasteiger partial charge >= 0.3 is 0 Å². The summed E-state index contributed by atoms with van der Waals surface area (Å²) in [5.74, 6) is 0.743. The number of rotatable bonds is 6. The van der Waals surface area contributed by atoms with E-state index in [-0.39, 0.29) is 5.91 Å². The first-order chi connectivity index (χ1) is 9.25. The largest absolute Gasteiger partial charge is 0.494 e. The molecule has 0 saturated heterocycles. The van der Waals surface area contributed by atoms with E-state index in [1.807, 2.05) is 30.3 Å². The van der Waals surface area contributed by atoms with Crippen molar-refractivity contribution in [1.82, 2.24) is 10.3 Å². The normalized spacial score (nSPS) is 10.2. The maximum absolute atomic E-state index is 11.7. The molecule has 0 aliphatic rings. The van der Waals surface area contributed by atoms with Crippen LogP contribution in [0.2, 0.25) is 0 Å². The summed E-state index contributed by atoms with van der Waals surface area (Å²) in [6, 6.07) is 11.4. The molecule has 0 spiro atoms. The molecular formula is C14H15BrN2O2. The number of ether oxygens (including phenoxy) is 1. The molecule has 2 aromatic rings. The maximum atomic E-state index is 11.7. The predicted molar refractivity (Wildman–Crippen MR) is 77.4 cm³/mol. The van der Waals surface area contributed by atoms with E-state index >= 15 is 0 Å². The fourth-order valence-corrected chi connectivity index (χ4v) is 1.92. The molecule has 2 rings (SSSR count). The first-order valence-electron chi connectivity index (χ1n) is 6.05. The van der Waals surface area contributed by atoms with Crippen molar-refractivity contribution >= 4 is 21.8 Å². The van der Waals surface area contributed by atoms with E-state index in [4.69, 9.17) is 4.74 Å². The fraction of sp³-hybridized carbons (Fsp3) is 0.214. The van der Waals surface area contributed by atoms with Crippen LogP contribution in [0, 0.1) is 0 Å². The van der Waals surface area contributed by atoms with Crippen molar-refractivity contribution in [3.05, 3.63) is 52.8 Å². The minimum absolute atomic E-state index is 0.106. The monoisotopic (exact) mass is 322 g/mol. The van der Waals surface area contributed by atoms with Crippen LogP contribution < -0.4 is 10.1 Å². The van der Waals surface area contributed by atoms with E-state index in [1.165, 1.54) is 0 Å². The van der Waals surface area contributed by atoms with Crippen molar-refractivity contribution in [3.8, 4) is 5.75 Å². The summed E-state index contributed by atoms with van der Waals surface area (Å²) in [4.78, 5) is 14.6. The second-order valence-corrected chi connectivity index (χ2v) is 4.92. The number of amides is 1. The minimum Gasteiger partial charge on any atom is -0.494 e. The van der Waals surface area contributed by atoms with Crippen molar-refractivity contribution < 1.29 is 9.53 Å². The average molecular weight is 323 g/mol. The molecule has 1 aromatic heterocycles. The molecule has 1 heterocycles. The van der Waals surface area contributed by atoms with E-state index in [0.29, 0.717) is 18.8 Å². The Morgan fingerprint density at radius 3 is 2.79 bits per heavy atom. The number of carbonyl (C=O) groups is 1. The Bertz CT molecular complexity index is 525. The Morgan fingerprint density at radius 1 is 1.32 bits per heavy atom. The number of H-pyrrole nitrogens is 1. The molecule has 0 aliphatic heterocycles. The fourth-order valence-electron chi connectivity index (χ4n) is 1.58. The molecule has 5 heteroatoms. The van der Waals surface area contributed by atoms with Gasteiger partial charge in [0.1, 0.15) is 11.4 Å². The van der Waals surface area contributed by atoms with Gasteiger partial charge in [0.2, 0.25) is 0 Å². The Balaban J connectivity index is 1.63. The molecule has 0 radical (unpaired) electrons. The molecular weight excluding hydrogens is 308 g/mol. The van der Waals surface area contributed by atoms with Crippen LogP contribution in [0.5, 0.6) is 5.75 Å². The lowest BCUT2D eigenvalue weighted by Gasteiger charge is -2.06. The first kappa shape index (κ1) is 13.7. The maximum Gasteiger partial charge on any atom is 0.267 e. The summed E-state index contributed by atoms with van der Waals surface area (Å²) in [6.07, 6.45) is 2.50. The molecule has 0 fully saturated rings. The van der Waals surface area contributed by atoms with Crippen molar-refractivity contribution in [1.29, 1.82) is 0 Å². The zero-order valence-electron chi connectivity index (χ0n) is 10.4. The Kier molecular flexibility index (Phi) is 5.03. The standard InChI is InChI=1S/C14H15BrN2O2/c15-11-9-13(17-10-11)14(18)16-7-4-8-19-12-5-2-1-3-6-12/h1-3,5-6,9-10,17H,4,7-8H2,(H,16,18). The Labute approximate surface area is 120 Å². The van der Waals surface area contributed by atoms with Gasteiger partial charge in [-0.05, 0) is 40.5 Å². The Morgan fingerprint density at radius 2 is 2.11 bits per heavy atom. The summed E-state index contributed by atoms with van der Waals surface area (Å²) in [7, 11) is 0. The third-order valence-corrected chi connectivity index (χ3v) is 2.97. The summed E-state index contributed by atoms with van der Waals surface area (Å²) >= 11 is 3.29. The van der Waals surface area contributed by atoms with E-state index in [0.717, 1.165) is 16.6 Å². The zero-order valence-corrected chi connectivity index (χ0v) is 11.9. The highest BCUT2D eigenvalue weighted by Crippen LogP contribution is 2.10. The van der Waals surface area contributed by atoms with Gasteiger partial charge in [-0.25, -0.2) is 0 Å². The molecule has 1 amide bonds. The van der Waals surface area contributed by atoms with Crippen molar-refractivity contribution in [3.63, 3.8) is 0 Å². The van der Waals surface area contributed by atoms with Gasteiger partial charge in [0.05, 0.1) is 6.61 Å². The summed E-state index contributed by atoms with van der Waals surface area (Å²) in [5.41, 5.74) is 0.552. The van der Waals surface area contributed by atoms with Crippen LogP contribution in [0.25, 0.3) is 0 Å². The number of benzene rings is 1. The van der Waals surface area contributed by atoms with Gasteiger partial charge in [-0.15, -0.1) is 0 Å². The third kappa shape index (κ3) is 4.44. The SMILES string of the molecule is O=C(NCCCOc1ccccc1)c1cc(Br)c[nH]1. The molecule has 100 valence electrons. The van der Waals surface area contributed by atoms with Crippen molar-refractivity contribution in [2.24, 2.45) is 0 Å². The third-order valence-electron chi connectivity index (χ3n) is 2.51. The smallest absolute Gasteiger partial charge is 0.267 e. The number of nitrogens with one attached hydrogen (secondary N) is 2. The lowest BCUT2D eigenvalue weighted by Crippen LogP contribution is -2.25. The van der Waals surface area contributed by atoms with Gasteiger partial charge in [-0.3, -0.25) is 4.79 Å². The van der Waals surface area contributed by atoms with Crippen LogP contribution in [0.3, 0.4) is 0 Å². The van der Waals surface area contributed by atoms with Crippen molar-refractivity contribution in [2.75, 3.05) is 13.2 Å². The van der Waals surface area contributed by atoms with Crippen LogP contribution in [-0.4, -0.2) is 24.0 Å². The molecule has 0 aliphatic carbocycles. The van der Waals surface area contributed by atoms with Crippen molar-refractivity contribution in [2.45, 2.75) is 6.42 Å². The quantitative estimate of drug-likeness (QED) is 0.803. The average Bonchev–Trinajstić information content (AvgIpc) is 2.86. The van der Waals surface area contributed by atoms with Gasteiger partial charge in [-0.1, -0.05) is 18.2 Å². The van der Waals surface area contributed by atoms with Gasteiger partial charge in [0.15, 0.2) is 0 Å². The number of hydrogen-bond acceptors (Lipinski definition) is 2. The van der Waals surface area contributed by atoms with Gasteiger partial charge in [0.25, 0.3) is 5.91 Å². The molecule has 0 saturated carbocycles. The van der Waals surface area contributed by atoms with Gasteiger partial charge < -0.3 is 15.0 Å². The topological polar surface area (TPSA) is 54.1 Å². The second-order valence-electron chi connectivity index (χ2n) is 4.00. The molecule has 1 aromatic carbocycles. The number of aromatic nitrogens is 1. The van der Waals surface area contributed by atoms with Crippen LogP contribution in [-0.2, 0) is 0 Å². The molecule has 0 atom stereocenters. The first-order valence-corrected chi connectivity index (χ1v) is 6.85. The minimum atomic E-state index is -0.106. The number of halogens is 1. The van der Waals surface area contributed by atoms with Crippen LogP contribution >= 0.6 is 15.9 Å². The number of carbonyl (C=O) groups excluding carboxylic acids is 1. The highest BCUT2D eigenvalue weighted by Gasteiger charge is 2.06. The number of aromatic amines is 1. The highest BCUT2D eigenvalue weighted by molar-refractivity contribution is 9.10. The summed E-state index contributed by atoms with van der Waals surface area (Å²) < 4.78 is 6.40. The highest BCUT2D eigenvalue weighted by atomic mass is 79.9. The number of para-hydroxylation sites is 1. The molecule has 19 heavy (non-hydrogen) atoms. The summed E-state index contributed by atoms with van der Waals surface area (Å²) in [5, 5.41) is 2.83. The predicted octanol–water partition coefficient (Wildman–Crippen LogP) is 2.98. The molecule has 0 bridgehead atoms. The van der Waals surface area contributed by atoms with Crippen LogP contribution in [0.1, 0.15) is 16.9 Å². The zero-order chi connectivity index (χ0) is 13.5. The van der Waals surface area contributed by atoms with E-state index < -0.39 is 0 Å². The molecule has 4 nitrogen and oxygen atoms in total. The van der Waals surface area contributed by atoms with Crippen LogP contribution in [0.4, 0.5) is 0 Å². The van der Waals surface area contributed by atoms with Gasteiger partial charge in [0, 0.05) is 17.2 Å². The molecule has 2 N–H and O–H groups in total. The van der Waals surface area contributed by atoms with E-state index in [9.17, 15) is 4.79 Å². The van der Waals surface area contributed by atoms with E-state index in [2.05, 4.69) is 26.2 Å². The number of hydrogen-bond donors (Lipinski definition) is 2. The van der Waals surface area contributed by atoms with Gasteiger partial charge in [-0.2, -0.15) is 0 Å². The second kappa shape index (κ2) is 6.99. The molecule has 0 unspecified atom stereocenters. The Hall–Kier alpha value is -1.75.